The number of guanidine groups is 1. The Labute approximate surface area is 156 Å². The number of aliphatic imine (C=N–C) groups is 1. The Balaban J connectivity index is 1.96. The second kappa shape index (κ2) is 9.51. The number of hydrogen-bond donors (Lipinski definition) is 3. The summed E-state index contributed by atoms with van der Waals surface area (Å²) in [5.74, 6) is 0.144. The van der Waals surface area contributed by atoms with Crippen LogP contribution >= 0.6 is 0 Å². The molecule has 2 aromatic carbocycles. The molecule has 2 aromatic rings. The van der Waals surface area contributed by atoms with Crippen molar-refractivity contribution in [2.24, 2.45) is 10.7 Å². The van der Waals surface area contributed by atoms with Gasteiger partial charge in [-0.15, -0.1) is 0 Å². The summed E-state index contributed by atoms with van der Waals surface area (Å²) in [6.07, 6.45) is 0. The fraction of sp³-hybridized carbons (Fsp3) is 0.263. The van der Waals surface area contributed by atoms with E-state index in [1.165, 1.54) is 6.07 Å². The van der Waals surface area contributed by atoms with E-state index in [0.717, 1.165) is 11.1 Å². The minimum absolute atomic E-state index is 0.126. The molecular weight excluding hydrogens is 354 g/mol. The second-order valence-corrected chi connectivity index (χ2v) is 5.83. The van der Waals surface area contributed by atoms with Gasteiger partial charge in [0.15, 0.2) is 5.96 Å². The molecule has 0 fully saturated rings. The SMILES string of the molecule is CN=C(NCc1ccc(C(N)=O)cc1)NCc1cc(C)ccc1OC(F)F. The quantitative estimate of drug-likeness (QED) is 0.512. The number of primary amides is 1. The van der Waals surface area contributed by atoms with Crippen LogP contribution in [0.15, 0.2) is 47.5 Å². The zero-order valence-electron chi connectivity index (χ0n) is 15.1. The molecule has 0 unspecified atom stereocenters. The Morgan fingerprint density at radius 2 is 1.81 bits per heavy atom. The van der Waals surface area contributed by atoms with Crippen LogP contribution in [-0.4, -0.2) is 25.5 Å². The van der Waals surface area contributed by atoms with Gasteiger partial charge < -0.3 is 21.1 Å². The number of ether oxygens (including phenoxy) is 1. The highest BCUT2D eigenvalue weighted by molar-refractivity contribution is 5.92. The standard InChI is InChI=1S/C19H22F2N4O2/c1-12-3-8-16(27-18(20)21)15(9-12)11-25-19(23-2)24-10-13-4-6-14(7-5-13)17(22)26/h3-9,18H,10-11H2,1-2H3,(H2,22,26)(H2,23,24,25). The largest absolute Gasteiger partial charge is 0.434 e. The molecule has 6 nitrogen and oxygen atoms in total. The van der Waals surface area contributed by atoms with Gasteiger partial charge in [-0.25, -0.2) is 0 Å². The van der Waals surface area contributed by atoms with Crippen molar-refractivity contribution in [2.45, 2.75) is 26.6 Å². The summed E-state index contributed by atoms with van der Waals surface area (Å²) >= 11 is 0. The Morgan fingerprint density at radius 1 is 1.15 bits per heavy atom. The summed E-state index contributed by atoms with van der Waals surface area (Å²) < 4.78 is 29.6. The summed E-state index contributed by atoms with van der Waals surface area (Å²) in [5.41, 5.74) is 8.12. The number of rotatable bonds is 7. The van der Waals surface area contributed by atoms with Crippen LogP contribution in [0, 0.1) is 6.92 Å². The monoisotopic (exact) mass is 376 g/mol. The van der Waals surface area contributed by atoms with Crippen LogP contribution in [0.5, 0.6) is 5.75 Å². The van der Waals surface area contributed by atoms with Crippen molar-refractivity contribution in [2.75, 3.05) is 7.05 Å². The lowest BCUT2D eigenvalue weighted by Crippen LogP contribution is -2.36. The van der Waals surface area contributed by atoms with Crippen LogP contribution in [0.3, 0.4) is 0 Å². The third-order valence-electron chi connectivity index (χ3n) is 3.80. The Hall–Kier alpha value is -3.16. The van der Waals surface area contributed by atoms with E-state index in [9.17, 15) is 13.6 Å². The predicted octanol–water partition coefficient (Wildman–Crippen LogP) is 2.56. The predicted molar refractivity (Wildman–Crippen MR) is 99.8 cm³/mol. The van der Waals surface area contributed by atoms with Gasteiger partial charge in [0.05, 0.1) is 0 Å². The number of nitrogens with zero attached hydrogens (tertiary/aromatic N) is 1. The van der Waals surface area contributed by atoms with Crippen molar-refractivity contribution in [1.29, 1.82) is 0 Å². The van der Waals surface area contributed by atoms with Gasteiger partial charge in [-0.3, -0.25) is 9.79 Å². The van der Waals surface area contributed by atoms with Crippen LogP contribution < -0.4 is 21.1 Å². The highest BCUT2D eigenvalue weighted by atomic mass is 19.3. The lowest BCUT2D eigenvalue weighted by Gasteiger charge is -2.15. The van der Waals surface area contributed by atoms with E-state index in [1.54, 1.807) is 43.4 Å². The van der Waals surface area contributed by atoms with E-state index >= 15 is 0 Å². The molecule has 0 radical (unpaired) electrons. The average Bonchev–Trinajstić information content (AvgIpc) is 2.64. The first kappa shape index (κ1) is 20.2. The number of alkyl halides is 2. The number of aryl methyl sites for hydroxylation is 1. The topological polar surface area (TPSA) is 88.7 Å². The molecule has 0 saturated heterocycles. The molecule has 0 aliphatic carbocycles. The van der Waals surface area contributed by atoms with Gasteiger partial charge in [0.25, 0.3) is 0 Å². The van der Waals surface area contributed by atoms with Gasteiger partial charge >= 0.3 is 6.61 Å². The number of nitrogens with two attached hydrogens (primary N) is 1. The lowest BCUT2D eigenvalue weighted by molar-refractivity contribution is -0.0504. The highest BCUT2D eigenvalue weighted by Gasteiger charge is 2.10. The van der Waals surface area contributed by atoms with E-state index in [2.05, 4.69) is 20.4 Å². The molecule has 0 heterocycles. The minimum Gasteiger partial charge on any atom is -0.434 e. The summed E-state index contributed by atoms with van der Waals surface area (Å²) in [6.45, 7) is -0.276. The van der Waals surface area contributed by atoms with Crippen LogP contribution in [0.1, 0.15) is 27.0 Å². The van der Waals surface area contributed by atoms with E-state index in [0.29, 0.717) is 23.6 Å². The molecule has 8 heteroatoms. The lowest BCUT2D eigenvalue weighted by atomic mass is 10.1. The first-order chi connectivity index (χ1) is 12.9. The number of carbonyl (C=O) groups excluding carboxylic acids is 1. The molecule has 1 amide bonds. The molecular formula is C19H22F2N4O2. The fourth-order valence-electron chi connectivity index (χ4n) is 2.43. The Morgan fingerprint density at radius 3 is 2.41 bits per heavy atom. The van der Waals surface area contributed by atoms with Crippen LogP contribution in [0.25, 0.3) is 0 Å². The van der Waals surface area contributed by atoms with Crippen LogP contribution in [-0.2, 0) is 13.1 Å². The molecule has 0 aromatic heterocycles. The first-order valence-electron chi connectivity index (χ1n) is 8.26. The van der Waals surface area contributed by atoms with E-state index in [-0.39, 0.29) is 12.3 Å². The molecule has 0 atom stereocenters. The van der Waals surface area contributed by atoms with E-state index in [1.807, 2.05) is 6.92 Å². The van der Waals surface area contributed by atoms with Crippen molar-refractivity contribution >= 4 is 11.9 Å². The zero-order chi connectivity index (χ0) is 19.8. The zero-order valence-corrected chi connectivity index (χ0v) is 15.1. The van der Waals surface area contributed by atoms with Gasteiger partial charge in [-0.2, -0.15) is 8.78 Å². The summed E-state index contributed by atoms with van der Waals surface area (Å²) in [6, 6.07) is 11.9. The van der Waals surface area contributed by atoms with E-state index < -0.39 is 12.5 Å². The van der Waals surface area contributed by atoms with Crippen molar-refractivity contribution in [1.82, 2.24) is 10.6 Å². The van der Waals surface area contributed by atoms with Crippen molar-refractivity contribution in [3.8, 4) is 5.75 Å². The van der Waals surface area contributed by atoms with Gasteiger partial charge in [0, 0.05) is 31.3 Å². The van der Waals surface area contributed by atoms with Crippen LogP contribution in [0.4, 0.5) is 8.78 Å². The third kappa shape index (κ3) is 6.25. The number of benzene rings is 2. The van der Waals surface area contributed by atoms with Crippen molar-refractivity contribution in [3.05, 3.63) is 64.7 Å². The fourth-order valence-corrected chi connectivity index (χ4v) is 2.43. The van der Waals surface area contributed by atoms with Gasteiger partial charge in [-0.1, -0.05) is 29.8 Å². The molecule has 0 aliphatic rings. The highest BCUT2D eigenvalue weighted by Crippen LogP contribution is 2.21. The number of carbonyl (C=O) groups is 1. The Kier molecular flexibility index (Phi) is 7.10. The summed E-state index contributed by atoms with van der Waals surface area (Å²) in [7, 11) is 1.61. The molecule has 0 saturated carbocycles. The number of hydrogen-bond acceptors (Lipinski definition) is 3. The summed E-state index contributed by atoms with van der Waals surface area (Å²) in [4.78, 5) is 15.2. The Bertz CT molecular complexity index is 808. The molecule has 27 heavy (non-hydrogen) atoms. The molecule has 0 bridgehead atoms. The number of nitrogens with one attached hydrogen (secondary N) is 2. The molecule has 0 aliphatic heterocycles. The molecule has 2 rings (SSSR count). The summed E-state index contributed by atoms with van der Waals surface area (Å²) in [5, 5.41) is 6.18. The minimum atomic E-state index is -2.88. The van der Waals surface area contributed by atoms with Crippen molar-refractivity contribution < 1.29 is 18.3 Å². The number of amides is 1. The van der Waals surface area contributed by atoms with Gasteiger partial charge in [0.1, 0.15) is 5.75 Å². The molecule has 4 N–H and O–H groups in total. The number of halogens is 2. The molecule has 0 spiro atoms. The van der Waals surface area contributed by atoms with Crippen LogP contribution in [0.2, 0.25) is 0 Å². The smallest absolute Gasteiger partial charge is 0.387 e. The van der Waals surface area contributed by atoms with Gasteiger partial charge in [-0.05, 0) is 30.7 Å². The van der Waals surface area contributed by atoms with E-state index in [4.69, 9.17) is 5.73 Å². The average molecular weight is 376 g/mol. The maximum Gasteiger partial charge on any atom is 0.387 e. The van der Waals surface area contributed by atoms with Gasteiger partial charge in [0.2, 0.25) is 5.91 Å². The first-order valence-corrected chi connectivity index (χ1v) is 8.26. The third-order valence-corrected chi connectivity index (χ3v) is 3.80. The maximum absolute atomic E-state index is 12.5. The second-order valence-electron chi connectivity index (χ2n) is 5.83. The van der Waals surface area contributed by atoms with Crippen molar-refractivity contribution in [3.63, 3.8) is 0 Å². The normalized spacial score (nSPS) is 11.4. The molecule has 144 valence electrons. The maximum atomic E-state index is 12.5.